The molecule has 0 aliphatic rings. The van der Waals surface area contributed by atoms with Gasteiger partial charge in [0.05, 0.1) is 0 Å². The number of nitrogens with zero attached hydrogens (tertiary/aromatic N) is 1. The summed E-state index contributed by atoms with van der Waals surface area (Å²) in [6, 6.07) is 0. The number of rotatable bonds is 4. The van der Waals surface area contributed by atoms with Crippen LogP contribution in [0, 0.1) is 10.1 Å². The summed E-state index contributed by atoms with van der Waals surface area (Å²) in [5, 5.41) is 8.75. The third-order valence-electron chi connectivity index (χ3n) is 0.834. The highest BCUT2D eigenvalue weighted by Crippen LogP contribution is 1.99. The summed E-state index contributed by atoms with van der Waals surface area (Å²) in [5.41, 5.74) is 0. The van der Waals surface area contributed by atoms with Crippen LogP contribution in [0.25, 0.3) is 0 Å². The Bertz CT molecular complexity index is 141. The van der Waals surface area contributed by atoms with Crippen molar-refractivity contribution in [3.05, 3.63) is 10.1 Å². The second kappa shape index (κ2) is 4.48. The summed E-state index contributed by atoms with van der Waals surface area (Å²) in [5.74, 6) is -0.598. The lowest BCUT2D eigenvalue weighted by Crippen LogP contribution is -2.21. The summed E-state index contributed by atoms with van der Waals surface area (Å²) >= 11 is 0. The molecule has 0 aromatic rings. The summed E-state index contributed by atoms with van der Waals surface area (Å²) in [7, 11) is 0. The van der Waals surface area contributed by atoms with Crippen molar-refractivity contribution in [3.63, 3.8) is 0 Å². The van der Waals surface area contributed by atoms with Gasteiger partial charge in [0.2, 0.25) is 6.29 Å². The van der Waals surface area contributed by atoms with Crippen LogP contribution in [0.3, 0.4) is 0 Å². The van der Waals surface area contributed by atoms with Crippen molar-refractivity contribution in [3.8, 4) is 0 Å². The van der Waals surface area contributed by atoms with Crippen LogP contribution < -0.4 is 0 Å². The van der Waals surface area contributed by atoms with E-state index in [0.717, 1.165) is 6.92 Å². The zero-order valence-corrected chi connectivity index (χ0v) is 6.27. The molecule has 0 spiro atoms. The molecule has 0 rings (SSSR count). The molecule has 1 unspecified atom stereocenters. The van der Waals surface area contributed by atoms with Gasteiger partial charge in [0.1, 0.15) is 0 Å². The van der Waals surface area contributed by atoms with Gasteiger partial charge < -0.3 is 4.74 Å². The van der Waals surface area contributed by atoms with E-state index >= 15 is 0 Å². The Morgan fingerprint density at radius 3 is 2.55 bits per heavy atom. The third-order valence-corrected chi connectivity index (χ3v) is 0.834. The molecule has 0 N–H and O–H groups in total. The zero-order chi connectivity index (χ0) is 8.85. The molecule has 0 saturated heterocycles. The monoisotopic (exact) mass is 163 g/mol. The molecule has 1 atom stereocenters. The summed E-state index contributed by atoms with van der Waals surface area (Å²) < 4.78 is 4.41. The van der Waals surface area contributed by atoms with Crippen LogP contribution in [0.4, 0.5) is 0 Å². The smallest absolute Gasteiger partial charge is 0.304 e. The van der Waals surface area contributed by atoms with Gasteiger partial charge in [0.25, 0.3) is 5.09 Å². The van der Waals surface area contributed by atoms with Gasteiger partial charge in [0.15, 0.2) is 0 Å². The van der Waals surface area contributed by atoms with Crippen LogP contribution in [-0.4, -0.2) is 17.3 Å². The normalized spacial score (nSPS) is 11.8. The summed E-state index contributed by atoms with van der Waals surface area (Å²) in [6.07, 6.45) is -0.830. The molecule has 0 aromatic carbocycles. The van der Waals surface area contributed by atoms with Crippen molar-refractivity contribution in [1.82, 2.24) is 0 Å². The second-order valence-corrected chi connectivity index (χ2v) is 1.78. The molecule has 0 heterocycles. The highest BCUT2D eigenvalue weighted by atomic mass is 17.0. The number of hydrogen-bond donors (Lipinski definition) is 0. The summed E-state index contributed by atoms with van der Waals surface area (Å²) in [6.45, 7) is 2.77. The molecule has 0 fully saturated rings. The minimum Gasteiger partial charge on any atom is -0.435 e. The Kier molecular flexibility index (Phi) is 3.94. The minimum atomic E-state index is -1.08. The molecule has 64 valence electrons. The molecule has 0 saturated carbocycles. The lowest BCUT2D eigenvalue weighted by molar-refractivity contribution is -0.779. The van der Waals surface area contributed by atoms with Crippen LogP contribution in [-0.2, 0) is 14.4 Å². The molecule has 11 heavy (non-hydrogen) atoms. The number of carbonyl (C=O) groups excluding carboxylic acids is 1. The number of ether oxygens (including phenoxy) is 1. The van der Waals surface area contributed by atoms with Gasteiger partial charge in [-0.25, -0.2) is 0 Å². The van der Waals surface area contributed by atoms with E-state index in [0.29, 0.717) is 0 Å². The molecule has 0 radical (unpaired) electrons. The van der Waals surface area contributed by atoms with Gasteiger partial charge in [-0.3, -0.25) is 9.63 Å². The Balaban J connectivity index is 3.76. The third kappa shape index (κ3) is 5.13. The van der Waals surface area contributed by atoms with Crippen molar-refractivity contribution in [2.24, 2.45) is 0 Å². The first-order valence-electron chi connectivity index (χ1n) is 3.04. The quantitative estimate of drug-likeness (QED) is 0.261. The van der Waals surface area contributed by atoms with Crippen molar-refractivity contribution in [1.29, 1.82) is 0 Å². The van der Waals surface area contributed by atoms with Gasteiger partial charge in [-0.05, 0) is 0 Å². The molecule has 0 bridgehead atoms. The zero-order valence-electron chi connectivity index (χ0n) is 6.27. The Morgan fingerprint density at radius 1 is 1.73 bits per heavy atom. The van der Waals surface area contributed by atoms with Gasteiger partial charge in [-0.2, -0.15) is 0 Å². The fourth-order valence-electron chi connectivity index (χ4n) is 0.460. The first-order chi connectivity index (χ1) is 5.06. The highest BCUT2D eigenvalue weighted by molar-refractivity contribution is 5.65. The molecule has 6 heteroatoms. The van der Waals surface area contributed by atoms with Crippen LogP contribution in [0.5, 0.6) is 0 Å². The number of carbonyl (C=O) groups is 1. The molecular formula is C5H9NO5. The van der Waals surface area contributed by atoms with E-state index < -0.39 is 17.3 Å². The van der Waals surface area contributed by atoms with Crippen molar-refractivity contribution >= 4 is 5.97 Å². The molecule has 0 aliphatic heterocycles. The molecular weight excluding hydrogens is 154 g/mol. The lowest BCUT2D eigenvalue weighted by Gasteiger charge is -2.11. The topological polar surface area (TPSA) is 78.7 Å². The van der Waals surface area contributed by atoms with Crippen LogP contribution in [0.1, 0.15) is 20.3 Å². The van der Waals surface area contributed by atoms with E-state index in [1.807, 2.05) is 0 Å². The van der Waals surface area contributed by atoms with Gasteiger partial charge in [-0.1, -0.05) is 6.92 Å². The Morgan fingerprint density at radius 2 is 2.27 bits per heavy atom. The van der Waals surface area contributed by atoms with Gasteiger partial charge in [0, 0.05) is 13.3 Å². The van der Waals surface area contributed by atoms with E-state index in [1.165, 1.54) is 0 Å². The predicted octanol–water partition coefficient (Wildman–Crippen LogP) is 0.494. The van der Waals surface area contributed by atoms with E-state index in [1.54, 1.807) is 6.92 Å². The molecule has 6 nitrogen and oxygen atoms in total. The largest absolute Gasteiger partial charge is 0.435 e. The Hall–Kier alpha value is -1.33. The standard InChI is InChI=1S/C5H9NO5/c1-3-5(10-4(2)7)11-6(8)9/h5H,3H2,1-2H3. The van der Waals surface area contributed by atoms with Crippen molar-refractivity contribution in [2.45, 2.75) is 26.6 Å². The minimum absolute atomic E-state index is 0.251. The highest BCUT2D eigenvalue weighted by Gasteiger charge is 2.12. The first kappa shape index (κ1) is 9.67. The summed E-state index contributed by atoms with van der Waals surface area (Å²) in [4.78, 5) is 24.0. The van der Waals surface area contributed by atoms with Crippen molar-refractivity contribution in [2.75, 3.05) is 0 Å². The van der Waals surface area contributed by atoms with Crippen LogP contribution >= 0.6 is 0 Å². The number of esters is 1. The van der Waals surface area contributed by atoms with E-state index in [2.05, 4.69) is 9.57 Å². The van der Waals surface area contributed by atoms with Gasteiger partial charge in [-0.15, -0.1) is 10.1 Å². The molecule has 0 aliphatic carbocycles. The van der Waals surface area contributed by atoms with E-state index in [9.17, 15) is 14.9 Å². The maximum absolute atomic E-state index is 10.3. The molecule has 0 aromatic heterocycles. The van der Waals surface area contributed by atoms with Crippen molar-refractivity contribution < 1.29 is 19.5 Å². The average molecular weight is 163 g/mol. The van der Waals surface area contributed by atoms with E-state index in [4.69, 9.17) is 0 Å². The molecule has 0 amide bonds. The SMILES string of the molecule is CCC(OC(C)=O)O[N+](=O)[O-]. The van der Waals surface area contributed by atoms with E-state index in [-0.39, 0.29) is 6.42 Å². The van der Waals surface area contributed by atoms with Crippen LogP contribution in [0.2, 0.25) is 0 Å². The first-order valence-corrected chi connectivity index (χ1v) is 3.04. The average Bonchev–Trinajstić information content (AvgIpc) is 1.84. The fourth-order valence-corrected chi connectivity index (χ4v) is 0.460. The Labute approximate surface area is 63.2 Å². The van der Waals surface area contributed by atoms with Crippen LogP contribution in [0.15, 0.2) is 0 Å². The predicted molar refractivity (Wildman–Crippen MR) is 33.9 cm³/mol. The lowest BCUT2D eigenvalue weighted by atomic mass is 10.5. The number of hydrogen-bond acceptors (Lipinski definition) is 5. The van der Waals surface area contributed by atoms with Gasteiger partial charge >= 0.3 is 5.97 Å². The second-order valence-electron chi connectivity index (χ2n) is 1.78. The fraction of sp³-hybridized carbons (Fsp3) is 0.800. The maximum Gasteiger partial charge on any atom is 0.304 e. The maximum atomic E-state index is 10.3.